The minimum atomic E-state index is -0.484. The van der Waals surface area contributed by atoms with Crippen molar-refractivity contribution < 1.29 is 19.1 Å². The lowest BCUT2D eigenvalue weighted by molar-refractivity contribution is -0.132. The van der Waals surface area contributed by atoms with E-state index in [1.807, 2.05) is 25.7 Å². The molecule has 2 aliphatic rings. The van der Waals surface area contributed by atoms with Crippen LogP contribution < -0.4 is 0 Å². The molecule has 0 saturated carbocycles. The van der Waals surface area contributed by atoms with Gasteiger partial charge < -0.3 is 19.3 Å². The van der Waals surface area contributed by atoms with Crippen molar-refractivity contribution in [2.45, 2.75) is 52.1 Å². The number of rotatable bonds is 2. The van der Waals surface area contributed by atoms with E-state index in [0.29, 0.717) is 32.0 Å². The van der Waals surface area contributed by atoms with Gasteiger partial charge in [0.2, 0.25) is 5.91 Å². The second-order valence-corrected chi connectivity index (χ2v) is 7.46. The summed E-state index contributed by atoms with van der Waals surface area (Å²) < 4.78 is 10.8. The van der Waals surface area contributed by atoms with Crippen molar-refractivity contribution in [3.05, 3.63) is 0 Å². The number of hydrogen-bond acceptors (Lipinski definition) is 4. The molecule has 0 aromatic rings. The van der Waals surface area contributed by atoms with E-state index in [-0.39, 0.29) is 12.0 Å². The summed E-state index contributed by atoms with van der Waals surface area (Å²) in [6.07, 6.45) is 3.08. The minimum absolute atomic E-state index is 0.211. The van der Waals surface area contributed by atoms with Crippen LogP contribution in [0, 0.1) is 5.92 Å². The highest BCUT2D eigenvalue weighted by atomic mass is 16.6. The van der Waals surface area contributed by atoms with E-state index in [9.17, 15) is 9.59 Å². The fraction of sp³-hybridized carbons (Fsp3) is 0.882. The molecule has 0 spiro atoms. The summed E-state index contributed by atoms with van der Waals surface area (Å²) in [7, 11) is 0. The first-order valence-electron chi connectivity index (χ1n) is 8.68. The van der Waals surface area contributed by atoms with Gasteiger partial charge in [-0.1, -0.05) is 0 Å². The molecule has 0 aliphatic carbocycles. The first-order chi connectivity index (χ1) is 10.8. The molecule has 2 saturated heterocycles. The van der Waals surface area contributed by atoms with Crippen molar-refractivity contribution in [3.8, 4) is 0 Å². The van der Waals surface area contributed by atoms with Gasteiger partial charge in [-0.25, -0.2) is 4.79 Å². The predicted octanol–water partition coefficient (Wildman–Crippen LogP) is 2.27. The van der Waals surface area contributed by atoms with Crippen molar-refractivity contribution in [2.24, 2.45) is 5.92 Å². The van der Waals surface area contributed by atoms with Crippen LogP contribution in [-0.4, -0.2) is 66.8 Å². The zero-order chi connectivity index (χ0) is 16.9. The van der Waals surface area contributed by atoms with E-state index in [2.05, 4.69) is 0 Å². The van der Waals surface area contributed by atoms with Crippen molar-refractivity contribution in [2.75, 3.05) is 39.4 Å². The zero-order valence-electron chi connectivity index (χ0n) is 14.7. The van der Waals surface area contributed by atoms with Gasteiger partial charge in [-0.2, -0.15) is 0 Å². The van der Waals surface area contributed by atoms with Crippen molar-refractivity contribution >= 4 is 12.0 Å². The summed E-state index contributed by atoms with van der Waals surface area (Å²) in [5, 5.41) is 0. The van der Waals surface area contributed by atoms with Crippen LogP contribution in [0.5, 0.6) is 0 Å². The van der Waals surface area contributed by atoms with Crippen LogP contribution in [0.1, 0.15) is 46.5 Å². The number of nitrogens with zero attached hydrogens (tertiary/aromatic N) is 2. The van der Waals surface area contributed by atoms with Gasteiger partial charge >= 0.3 is 6.09 Å². The number of carbonyl (C=O) groups is 2. The Morgan fingerprint density at radius 3 is 2.30 bits per heavy atom. The molecule has 0 unspecified atom stereocenters. The van der Waals surface area contributed by atoms with Gasteiger partial charge in [-0.05, 0) is 46.0 Å². The van der Waals surface area contributed by atoms with E-state index in [1.54, 1.807) is 4.90 Å². The van der Waals surface area contributed by atoms with Crippen LogP contribution in [0.2, 0.25) is 0 Å². The largest absolute Gasteiger partial charge is 0.444 e. The SMILES string of the molecule is CC(C)(C)OC(=O)N1CCCN(C(=O)CC2CCOCC2)CC1. The Morgan fingerprint density at radius 2 is 1.65 bits per heavy atom. The molecule has 0 aromatic heterocycles. The molecule has 6 nitrogen and oxygen atoms in total. The molecule has 132 valence electrons. The molecule has 0 bridgehead atoms. The normalized spacial score (nSPS) is 21.0. The van der Waals surface area contributed by atoms with Gasteiger partial charge in [-0.3, -0.25) is 4.79 Å². The standard InChI is InChI=1S/C17H30N2O4/c1-17(2,3)23-16(21)19-8-4-7-18(9-10-19)15(20)13-14-5-11-22-12-6-14/h14H,4-13H2,1-3H3. The Balaban J connectivity index is 1.80. The monoisotopic (exact) mass is 326 g/mol. The lowest BCUT2D eigenvalue weighted by atomic mass is 9.96. The maximum atomic E-state index is 12.5. The Labute approximate surface area is 139 Å². The third kappa shape index (κ3) is 6.01. The van der Waals surface area contributed by atoms with Crippen molar-refractivity contribution in [1.82, 2.24) is 9.80 Å². The number of amides is 2. The van der Waals surface area contributed by atoms with Crippen molar-refractivity contribution in [3.63, 3.8) is 0 Å². The molecule has 2 rings (SSSR count). The fourth-order valence-corrected chi connectivity index (χ4v) is 3.00. The molecule has 0 N–H and O–H groups in total. The maximum absolute atomic E-state index is 12.5. The van der Waals surface area contributed by atoms with E-state index in [1.165, 1.54) is 0 Å². The third-order valence-electron chi connectivity index (χ3n) is 4.30. The second-order valence-electron chi connectivity index (χ2n) is 7.46. The molecule has 2 amide bonds. The first-order valence-corrected chi connectivity index (χ1v) is 8.68. The second kappa shape index (κ2) is 7.99. The summed E-state index contributed by atoms with van der Waals surface area (Å²) in [5.41, 5.74) is -0.484. The average Bonchev–Trinajstić information content (AvgIpc) is 2.72. The third-order valence-corrected chi connectivity index (χ3v) is 4.30. The van der Waals surface area contributed by atoms with Gasteiger partial charge in [0.1, 0.15) is 5.60 Å². The average molecular weight is 326 g/mol. The Kier molecular flexibility index (Phi) is 6.27. The summed E-state index contributed by atoms with van der Waals surface area (Å²) in [4.78, 5) is 28.2. The van der Waals surface area contributed by atoms with Gasteiger partial charge in [0.25, 0.3) is 0 Å². The number of ether oxygens (including phenoxy) is 2. The molecule has 0 radical (unpaired) electrons. The van der Waals surface area contributed by atoms with Crippen LogP contribution >= 0.6 is 0 Å². The minimum Gasteiger partial charge on any atom is -0.444 e. The summed E-state index contributed by atoms with van der Waals surface area (Å²) in [6.45, 7) is 9.66. The van der Waals surface area contributed by atoms with Crippen LogP contribution in [0.3, 0.4) is 0 Å². The van der Waals surface area contributed by atoms with E-state index in [4.69, 9.17) is 9.47 Å². The van der Waals surface area contributed by atoms with Crippen LogP contribution in [-0.2, 0) is 14.3 Å². The highest BCUT2D eigenvalue weighted by molar-refractivity contribution is 5.76. The van der Waals surface area contributed by atoms with Gasteiger partial charge in [0.05, 0.1) is 0 Å². The number of carbonyl (C=O) groups excluding carboxylic acids is 2. The van der Waals surface area contributed by atoms with Gasteiger partial charge in [0.15, 0.2) is 0 Å². The van der Waals surface area contributed by atoms with E-state index < -0.39 is 5.60 Å². The predicted molar refractivity (Wildman–Crippen MR) is 87.2 cm³/mol. The van der Waals surface area contributed by atoms with Crippen molar-refractivity contribution in [1.29, 1.82) is 0 Å². The van der Waals surface area contributed by atoms with Crippen LogP contribution in [0.25, 0.3) is 0 Å². The van der Waals surface area contributed by atoms with Crippen LogP contribution in [0.15, 0.2) is 0 Å². The zero-order valence-corrected chi connectivity index (χ0v) is 14.7. The lowest BCUT2D eigenvalue weighted by Gasteiger charge is -2.27. The fourth-order valence-electron chi connectivity index (χ4n) is 3.00. The quantitative estimate of drug-likeness (QED) is 0.781. The molecule has 2 fully saturated rings. The first kappa shape index (κ1) is 18.0. The summed E-state index contributed by atoms with van der Waals surface area (Å²) >= 11 is 0. The smallest absolute Gasteiger partial charge is 0.410 e. The number of hydrogen-bond donors (Lipinski definition) is 0. The van der Waals surface area contributed by atoms with Gasteiger partial charge in [-0.15, -0.1) is 0 Å². The molecule has 23 heavy (non-hydrogen) atoms. The highest BCUT2D eigenvalue weighted by Crippen LogP contribution is 2.20. The molecule has 0 atom stereocenters. The Bertz CT molecular complexity index is 413. The van der Waals surface area contributed by atoms with Gasteiger partial charge in [0, 0.05) is 45.8 Å². The topological polar surface area (TPSA) is 59.1 Å². The van der Waals surface area contributed by atoms with E-state index >= 15 is 0 Å². The Hall–Kier alpha value is -1.30. The molecule has 0 aromatic carbocycles. The molecular weight excluding hydrogens is 296 g/mol. The maximum Gasteiger partial charge on any atom is 0.410 e. The molecule has 2 heterocycles. The summed E-state index contributed by atoms with van der Waals surface area (Å²) in [5.74, 6) is 0.657. The highest BCUT2D eigenvalue weighted by Gasteiger charge is 2.27. The summed E-state index contributed by atoms with van der Waals surface area (Å²) in [6, 6.07) is 0. The van der Waals surface area contributed by atoms with Crippen LogP contribution in [0.4, 0.5) is 4.79 Å². The molecular formula is C17H30N2O4. The molecule has 2 aliphatic heterocycles. The lowest BCUT2D eigenvalue weighted by Crippen LogP contribution is -2.40. The molecule has 6 heteroatoms. The van der Waals surface area contributed by atoms with E-state index in [0.717, 1.165) is 39.0 Å². The Morgan fingerprint density at radius 1 is 1.04 bits per heavy atom.